The first-order valence-electron chi connectivity index (χ1n) is 10.1. The second-order valence-corrected chi connectivity index (χ2v) is 8.89. The Balaban J connectivity index is 0.00000261. The molecule has 2 aliphatic rings. The van der Waals surface area contributed by atoms with Crippen molar-refractivity contribution in [2.75, 3.05) is 32.8 Å². The van der Waals surface area contributed by atoms with E-state index in [1.54, 1.807) is 0 Å². The molecule has 1 aliphatic heterocycles. The van der Waals surface area contributed by atoms with Crippen LogP contribution in [-0.4, -0.2) is 49.2 Å². The number of hydrogen-bond donors (Lipinski definition) is 1. The van der Waals surface area contributed by atoms with Crippen LogP contribution in [0.15, 0.2) is 24.3 Å². The summed E-state index contributed by atoms with van der Waals surface area (Å²) < 4.78 is 5.54. The lowest BCUT2D eigenvalue weighted by molar-refractivity contribution is -0.0361. The Bertz CT molecular complexity index is 598. The molecule has 152 valence electrons. The van der Waals surface area contributed by atoms with Crippen LogP contribution in [0, 0.1) is 0 Å². The molecule has 0 atom stereocenters. The summed E-state index contributed by atoms with van der Waals surface area (Å²) >= 11 is 0. The number of halogens is 1. The van der Waals surface area contributed by atoms with Gasteiger partial charge in [-0.15, -0.1) is 12.4 Å². The minimum absolute atomic E-state index is 0. The largest absolute Gasteiger partial charge is 0.379 e. The third-order valence-corrected chi connectivity index (χ3v) is 6.06. The van der Waals surface area contributed by atoms with Crippen LogP contribution in [0.2, 0.25) is 0 Å². The number of hydrogen-bond acceptors (Lipinski definition) is 3. The fourth-order valence-corrected chi connectivity index (χ4v) is 4.32. The Morgan fingerprint density at radius 3 is 2.22 bits per heavy atom. The van der Waals surface area contributed by atoms with Gasteiger partial charge in [0.25, 0.3) is 5.91 Å². The molecule has 0 bridgehead atoms. The molecule has 0 aromatic heterocycles. The van der Waals surface area contributed by atoms with Gasteiger partial charge >= 0.3 is 0 Å². The SMILES string of the molecule is CC(C)(C)c1ccc(C(=O)NCC2(N3CCOCC3)CCCCC2)cc1.Cl. The number of benzene rings is 1. The van der Waals surface area contributed by atoms with Gasteiger partial charge in [0.1, 0.15) is 0 Å². The number of amides is 1. The summed E-state index contributed by atoms with van der Waals surface area (Å²) in [4.78, 5) is 15.3. The van der Waals surface area contributed by atoms with Gasteiger partial charge in [-0.2, -0.15) is 0 Å². The zero-order valence-corrected chi connectivity index (χ0v) is 17.9. The highest BCUT2D eigenvalue weighted by Crippen LogP contribution is 2.34. The van der Waals surface area contributed by atoms with Crippen molar-refractivity contribution in [3.63, 3.8) is 0 Å². The standard InChI is InChI=1S/C22H34N2O2.ClH/c1-21(2,3)19-9-7-18(8-10-19)20(25)23-17-22(11-5-4-6-12-22)24-13-15-26-16-14-24;/h7-10H,4-6,11-17H2,1-3H3,(H,23,25);1H. The fourth-order valence-electron chi connectivity index (χ4n) is 4.32. The van der Waals surface area contributed by atoms with Gasteiger partial charge in [0.15, 0.2) is 0 Å². The van der Waals surface area contributed by atoms with E-state index < -0.39 is 0 Å². The second-order valence-electron chi connectivity index (χ2n) is 8.89. The number of nitrogens with zero attached hydrogens (tertiary/aromatic N) is 1. The molecule has 0 spiro atoms. The maximum Gasteiger partial charge on any atom is 0.251 e. The van der Waals surface area contributed by atoms with Gasteiger partial charge in [-0.25, -0.2) is 0 Å². The highest BCUT2D eigenvalue weighted by molar-refractivity contribution is 5.94. The van der Waals surface area contributed by atoms with E-state index in [4.69, 9.17) is 4.74 Å². The van der Waals surface area contributed by atoms with E-state index in [2.05, 4.69) is 43.1 Å². The number of carbonyl (C=O) groups excluding carboxylic acids is 1. The molecule has 0 radical (unpaired) electrons. The molecule has 27 heavy (non-hydrogen) atoms. The van der Waals surface area contributed by atoms with Crippen LogP contribution in [0.3, 0.4) is 0 Å². The molecule has 0 unspecified atom stereocenters. The van der Waals surface area contributed by atoms with Crippen LogP contribution in [0.1, 0.15) is 68.8 Å². The molecule has 3 rings (SSSR count). The third-order valence-electron chi connectivity index (χ3n) is 6.06. The van der Waals surface area contributed by atoms with Crippen LogP contribution in [0.25, 0.3) is 0 Å². The van der Waals surface area contributed by atoms with Gasteiger partial charge in [0.2, 0.25) is 0 Å². The van der Waals surface area contributed by atoms with Gasteiger partial charge in [0.05, 0.1) is 13.2 Å². The van der Waals surface area contributed by atoms with Gasteiger partial charge in [-0.3, -0.25) is 9.69 Å². The molecule has 1 N–H and O–H groups in total. The molecular weight excluding hydrogens is 360 g/mol. The molecule has 2 fully saturated rings. The number of rotatable bonds is 4. The van der Waals surface area contributed by atoms with Gasteiger partial charge in [-0.1, -0.05) is 52.2 Å². The Kier molecular flexibility index (Phi) is 7.73. The number of nitrogens with one attached hydrogen (secondary N) is 1. The van der Waals surface area contributed by atoms with Crippen molar-refractivity contribution in [3.05, 3.63) is 35.4 Å². The first kappa shape index (κ1) is 22.2. The van der Waals surface area contributed by atoms with Crippen LogP contribution in [0.4, 0.5) is 0 Å². The van der Waals surface area contributed by atoms with Gasteiger partial charge < -0.3 is 10.1 Å². The maximum atomic E-state index is 12.7. The number of ether oxygens (including phenoxy) is 1. The molecule has 1 saturated carbocycles. The van der Waals surface area contributed by atoms with E-state index in [-0.39, 0.29) is 29.3 Å². The number of carbonyl (C=O) groups is 1. The van der Waals surface area contributed by atoms with Crippen molar-refractivity contribution in [2.24, 2.45) is 0 Å². The summed E-state index contributed by atoms with van der Waals surface area (Å²) in [5, 5.41) is 3.24. The van der Waals surface area contributed by atoms with Crippen LogP contribution >= 0.6 is 12.4 Å². The summed E-state index contributed by atoms with van der Waals surface area (Å²) in [5.74, 6) is 0.0451. The van der Waals surface area contributed by atoms with Crippen LogP contribution in [-0.2, 0) is 10.2 Å². The molecule has 1 aromatic carbocycles. The Morgan fingerprint density at radius 1 is 1.07 bits per heavy atom. The van der Waals surface area contributed by atoms with Crippen molar-refractivity contribution >= 4 is 18.3 Å². The average Bonchev–Trinajstić information content (AvgIpc) is 2.67. The fraction of sp³-hybridized carbons (Fsp3) is 0.682. The molecule has 1 aromatic rings. The third kappa shape index (κ3) is 5.46. The first-order valence-corrected chi connectivity index (χ1v) is 10.1. The van der Waals surface area contributed by atoms with Crippen molar-refractivity contribution in [3.8, 4) is 0 Å². The molecule has 4 nitrogen and oxygen atoms in total. The molecule has 1 amide bonds. The van der Waals surface area contributed by atoms with Crippen molar-refractivity contribution in [1.82, 2.24) is 10.2 Å². The summed E-state index contributed by atoms with van der Waals surface area (Å²) in [6.07, 6.45) is 6.18. The summed E-state index contributed by atoms with van der Waals surface area (Å²) in [6, 6.07) is 8.07. The van der Waals surface area contributed by atoms with Gasteiger partial charge in [0, 0.05) is 30.7 Å². The lowest BCUT2D eigenvalue weighted by Crippen LogP contribution is -2.59. The van der Waals surface area contributed by atoms with Crippen molar-refractivity contribution < 1.29 is 9.53 Å². The van der Waals surface area contributed by atoms with Crippen molar-refractivity contribution in [2.45, 2.75) is 63.8 Å². The van der Waals surface area contributed by atoms with Crippen LogP contribution in [0.5, 0.6) is 0 Å². The zero-order valence-electron chi connectivity index (χ0n) is 17.1. The predicted molar refractivity (Wildman–Crippen MR) is 113 cm³/mol. The van der Waals surface area contributed by atoms with E-state index >= 15 is 0 Å². The Morgan fingerprint density at radius 2 is 1.67 bits per heavy atom. The lowest BCUT2D eigenvalue weighted by Gasteiger charge is -2.48. The average molecular weight is 395 g/mol. The number of morpholine rings is 1. The zero-order chi connectivity index (χ0) is 18.6. The summed E-state index contributed by atoms with van der Waals surface area (Å²) in [6.45, 7) is 10.9. The van der Waals surface area contributed by atoms with E-state index in [9.17, 15) is 4.79 Å². The monoisotopic (exact) mass is 394 g/mol. The second kappa shape index (κ2) is 9.40. The molecular formula is C22H35ClN2O2. The van der Waals surface area contributed by atoms with Gasteiger partial charge in [-0.05, 0) is 36.0 Å². The highest BCUT2D eigenvalue weighted by atomic mass is 35.5. The Labute approximate surface area is 170 Å². The molecule has 1 heterocycles. The summed E-state index contributed by atoms with van der Waals surface area (Å²) in [5.41, 5.74) is 2.23. The topological polar surface area (TPSA) is 41.6 Å². The van der Waals surface area contributed by atoms with E-state index in [1.807, 2.05) is 12.1 Å². The smallest absolute Gasteiger partial charge is 0.251 e. The normalized spacial score (nSPS) is 20.6. The Hall–Kier alpha value is -1.10. The van der Waals surface area contributed by atoms with Crippen molar-refractivity contribution in [1.29, 1.82) is 0 Å². The predicted octanol–water partition coefficient (Wildman–Crippen LogP) is 4.17. The maximum absolute atomic E-state index is 12.7. The summed E-state index contributed by atoms with van der Waals surface area (Å²) in [7, 11) is 0. The first-order chi connectivity index (χ1) is 12.4. The minimum atomic E-state index is 0. The lowest BCUT2D eigenvalue weighted by atomic mass is 9.79. The van der Waals surface area contributed by atoms with E-state index in [0.29, 0.717) is 0 Å². The van der Waals surface area contributed by atoms with E-state index in [1.165, 1.54) is 37.7 Å². The minimum Gasteiger partial charge on any atom is -0.379 e. The van der Waals surface area contributed by atoms with Crippen LogP contribution < -0.4 is 5.32 Å². The molecule has 1 aliphatic carbocycles. The molecule has 5 heteroatoms. The van der Waals surface area contributed by atoms with E-state index in [0.717, 1.165) is 38.4 Å². The molecule has 1 saturated heterocycles. The quantitative estimate of drug-likeness (QED) is 0.833. The highest BCUT2D eigenvalue weighted by Gasteiger charge is 2.38.